The van der Waals surface area contributed by atoms with Crippen LogP contribution in [-0.2, 0) is 12.0 Å². The minimum Gasteiger partial charge on any atom is -0.312 e. The van der Waals surface area contributed by atoms with E-state index in [0.29, 0.717) is 5.41 Å². The molecule has 1 fully saturated rings. The Morgan fingerprint density at radius 2 is 1.94 bits per heavy atom. The van der Waals surface area contributed by atoms with E-state index >= 15 is 0 Å². The van der Waals surface area contributed by atoms with Crippen LogP contribution in [0.1, 0.15) is 43.4 Å². The molecule has 1 aliphatic rings. The van der Waals surface area contributed by atoms with Crippen LogP contribution >= 0.6 is 23.1 Å². The molecule has 18 heavy (non-hydrogen) atoms. The molecule has 1 nitrogen and oxygen atoms in total. The van der Waals surface area contributed by atoms with Crippen LogP contribution in [0, 0.1) is 5.92 Å². The van der Waals surface area contributed by atoms with E-state index in [1.165, 1.54) is 40.6 Å². The van der Waals surface area contributed by atoms with Crippen LogP contribution in [0.2, 0.25) is 0 Å². The van der Waals surface area contributed by atoms with Crippen LogP contribution in [0.15, 0.2) is 12.1 Å². The van der Waals surface area contributed by atoms with Gasteiger partial charge in [-0.05, 0) is 54.4 Å². The van der Waals surface area contributed by atoms with Gasteiger partial charge in [-0.15, -0.1) is 11.3 Å². The van der Waals surface area contributed by atoms with Crippen molar-refractivity contribution >= 4 is 23.1 Å². The predicted molar refractivity (Wildman–Crippen MR) is 84.8 cm³/mol. The lowest BCUT2D eigenvalue weighted by molar-refractivity contribution is 0.449. The molecular formula is C15H25NS2. The van der Waals surface area contributed by atoms with Gasteiger partial charge < -0.3 is 5.32 Å². The van der Waals surface area contributed by atoms with E-state index < -0.39 is 0 Å². The van der Waals surface area contributed by atoms with Crippen molar-refractivity contribution in [2.75, 3.05) is 18.1 Å². The molecule has 0 spiro atoms. The fourth-order valence-electron chi connectivity index (χ4n) is 2.23. The largest absolute Gasteiger partial charge is 0.312 e. The Labute approximate surface area is 120 Å². The molecule has 1 aliphatic heterocycles. The van der Waals surface area contributed by atoms with Crippen LogP contribution in [0.25, 0.3) is 0 Å². The van der Waals surface area contributed by atoms with Crippen molar-refractivity contribution in [2.45, 2.75) is 45.6 Å². The zero-order valence-corrected chi connectivity index (χ0v) is 13.4. The second-order valence-electron chi connectivity index (χ2n) is 6.20. The third kappa shape index (κ3) is 4.29. The molecule has 2 rings (SSSR count). The lowest BCUT2D eigenvalue weighted by Crippen LogP contribution is -2.25. The zero-order chi connectivity index (χ0) is 13.0. The summed E-state index contributed by atoms with van der Waals surface area (Å²) in [4.78, 5) is 2.97. The van der Waals surface area contributed by atoms with Gasteiger partial charge in [0.05, 0.1) is 0 Å². The molecule has 3 heteroatoms. The van der Waals surface area contributed by atoms with E-state index in [4.69, 9.17) is 0 Å². The average Bonchev–Trinajstić information content (AvgIpc) is 2.79. The summed E-state index contributed by atoms with van der Waals surface area (Å²) in [5, 5.41) is 3.64. The van der Waals surface area contributed by atoms with Crippen LogP contribution in [0.5, 0.6) is 0 Å². The maximum atomic E-state index is 3.64. The Kier molecular flexibility index (Phi) is 5.16. The second-order valence-corrected chi connectivity index (χ2v) is 8.60. The van der Waals surface area contributed by atoms with Gasteiger partial charge in [-0.25, -0.2) is 0 Å². The highest BCUT2D eigenvalue weighted by Crippen LogP contribution is 2.29. The van der Waals surface area contributed by atoms with Crippen LogP contribution in [0.3, 0.4) is 0 Å². The molecule has 1 saturated heterocycles. The lowest BCUT2D eigenvalue weighted by atomic mass is 9.95. The number of thiophene rings is 1. The number of hydrogen-bond donors (Lipinski definition) is 1. The van der Waals surface area contributed by atoms with Gasteiger partial charge in [-0.1, -0.05) is 20.8 Å². The first kappa shape index (κ1) is 14.4. The summed E-state index contributed by atoms with van der Waals surface area (Å²) in [6.07, 6.45) is 2.80. The van der Waals surface area contributed by atoms with E-state index in [1.54, 1.807) is 0 Å². The molecule has 0 aliphatic carbocycles. The van der Waals surface area contributed by atoms with E-state index in [9.17, 15) is 0 Å². The topological polar surface area (TPSA) is 12.0 Å². The van der Waals surface area contributed by atoms with Gasteiger partial charge in [-0.3, -0.25) is 0 Å². The molecule has 0 bridgehead atoms. The van der Waals surface area contributed by atoms with Crippen LogP contribution in [-0.4, -0.2) is 18.1 Å². The summed E-state index contributed by atoms with van der Waals surface area (Å²) in [5.74, 6) is 3.63. The van der Waals surface area contributed by atoms with Crippen molar-refractivity contribution in [1.82, 2.24) is 5.32 Å². The number of rotatable bonds is 4. The van der Waals surface area contributed by atoms with Gasteiger partial charge in [0.15, 0.2) is 0 Å². The summed E-state index contributed by atoms with van der Waals surface area (Å²) in [6, 6.07) is 4.58. The quantitative estimate of drug-likeness (QED) is 0.885. The molecule has 0 unspecified atom stereocenters. The highest BCUT2D eigenvalue weighted by atomic mass is 32.2. The summed E-state index contributed by atoms with van der Waals surface area (Å²) in [6.45, 7) is 9.11. The standard InChI is InChI=1S/C15H25NS2/c1-15(2,3)14-5-4-13(18-14)11-16-10-12-6-8-17-9-7-12/h4-5,12,16H,6-11H2,1-3H3. The van der Waals surface area contributed by atoms with Gasteiger partial charge in [0.1, 0.15) is 0 Å². The Balaban J connectivity index is 1.74. The maximum absolute atomic E-state index is 3.64. The van der Waals surface area contributed by atoms with E-state index in [0.717, 1.165) is 12.5 Å². The van der Waals surface area contributed by atoms with Crippen molar-refractivity contribution in [3.63, 3.8) is 0 Å². The van der Waals surface area contributed by atoms with Gasteiger partial charge in [0, 0.05) is 16.3 Å². The molecule has 0 aromatic carbocycles. The Morgan fingerprint density at radius 3 is 2.56 bits per heavy atom. The van der Waals surface area contributed by atoms with Crippen molar-refractivity contribution in [3.8, 4) is 0 Å². The molecule has 1 aromatic heterocycles. The zero-order valence-electron chi connectivity index (χ0n) is 11.8. The van der Waals surface area contributed by atoms with Crippen LogP contribution in [0.4, 0.5) is 0 Å². The lowest BCUT2D eigenvalue weighted by Gasteiger charge is -2.21. The van der Waals surface area contributed by atoms with Crippen molar-refractivity contribution in [3.05, 3.63) is 21.9 Å². The fraction of sp³-hybridized carbons (Fsp3) is 0.733. The highest BCUT2D eigenvalue weighted by molar-refractivity contribution is 7.99. The first-order chi connectivity index (χ1) is 8.55. The van der Waals surface area contributed by atoms with Gasteiger partial charge >= 0.3 is 0 Å². The van der Waals surface area contributed by atoms with E-state index in [2.05, 4.69) is 50.0 Å². The normalized spacial score (nSPS) is 18.2. The minimum atomic E-state index is 0.295. The third-order valence-electron chi connectivity index (χ3n) is 3.47. The first-order valence-corrected chi connectivity index (χ1v) is 8.90. The monoisotopic (exact) mass is 283 g/mol. The summed E-state index contributed by atoms with van der Waals surface area (Å²) in [5.41, 5.74) is 0.295. The first-order valence-electron chi connectivity index (χ1n) is 6.93. The SMILES string of the molecule is CC(C)(C)c1ccc(CNCC2CCSCC2)s1. The number of nitrogens with one attached hydrogen (secondary N) is 1. The van der Waals surface area contributed by atoms with Gasteiger partial charge in [-0.2, -0.15) is 11.8 Å². The Bertz CT molecular complexity index is 359. The molecule has 0 atom stereocenters. The molecule has 1 N–H and O–H groups in total. The summed E-state index contributed by atoms with van der Waals surface area (Å²) in [7, 11) is 0. The number of hydrogen-bond acceptors (Lipinski definition) is 3. The van der Waals surface area contributed by atoms with Gasteiger partial charge in [0.2, 0.25) is 0 Å². The molecule has 102 valence electrons. The van der Waals surface area contributed by atoms with E-state index in [-0.39, 0.29) is 0 Å². The molecular weight excluding hydrogens is 258 g/mol. The van der Waals surface area contributed by atoms with Crippen molar-refractivity contribution < 1.29 is 0 Å². The van der Waals surface area contributed by atoms with E-state index in [1.807, 2.05) is 11.3 Å². The number of thioether (sulfide) groups is 1. The smallest absolute Gasteiger partial charge is 0.0299 e. The molecule has 0 radical (unpaired) electrons. The Hall–Kier alpha value is 0.01000. The summed E-state index contributed by atoms with van der Waals surface area (Å²) < 4.78 is 0. The second kappa shape index (κ2) is 6.44. The molecule has 2 heterocycles. The molecule has 0 amide bonds. The van der Waals surface area contributed by atoms with Gasteiger partial charge in [0.25, 0.3) is 0 Å². The van der Waals surface area contributed by atoms with Crippen molar-refractivity contribution in [1.29, 1.82) is 0 Å². The fourth-order valence-corrected chi connectivity index (χ4v) is 4.47. The highest BCUT2D eigenvalue weighted by Gasteiger charge is 2.16. The molecule has 0 saturated carbocycles. The minimum absolute atomic E-state index is 0.295. The van der Waals surface area contributed by atoms with Crippen molar-refractivity contribution in [2.24, 2.45) is 5.92 Å². The maximum Gasteiger partial charge on any atom is 0.0299 e. The third-order valence-corrected chi connectivity index (χ3v) is 6.03. The van der Waals surface area contributed by atoms with Crippen LogP contribution < -0.4 is 5.32 Å². The Morgan fingerprint density at radius 1 is 1.22 bits per heavy atom. The predicted octanol–water partition coefficient (Wildman–Crippen LogP) is 4.28. The average molecular weight is 284 g/mol. The molecule has 1 aromatic rings. The summed E-state index contributed by atoms with van der Waals surface area (Å²) >= 11 is 4.07.